The highest BCUT2D eigenvalue weighted by Crippen LogP contribution is 2.36. The Hall–Kier alpha value is -3.69. The van der Waals surface area contributed by atoms with Gasteiger partial charge in [-0.15, -0.1) is 0 Å². The highest BCUT2D eigenvalue weighted by Gasteiger charge is 2.14. The van der Waals surface area contributed by atoms with Crippen LogP contribution in [0.15, 0.2) is 66.7 Å². The summed E-state index contributed by atoms with van der Waals surface area (Å²) < 4.78 is 17.4. The molecule has 4 aromatic rings. The van der Waals surface area contributed by atoms with E-state index in [1.54, 1.807) is 44.6 Å². The zero-order valence-corrected chi connectivity index (χ0v) is 19.6. The quantitative estimate of drug-likeness (QED) is 0.360. The summed E-state index contributed by atoms with van der Waals surface area (Å²) in [6.45, 7) is 0.414. The SMILES string of the molecule is COc1cc(OC)c2nc(NC(=S)NC(=O)c3cccc(OCc4ccccc4)c3)sc2c1. The van der Waals surface area contributed by atoms with Crippen LogP contribution in [0.4, 0.5) is 5.13 Å². The number of hydrogen-bond donors (Lipinski definition) is 2. The first-order valence-corrected chi connectivity index (χ1v) is 11.2. The van der Waals surface area contributed by atoms with Gasteiger partial charge in [-0.25, -0.2) is 4.98 Å². The summed E-state index contributed by atoms with van der Waals surface area (Å²) in [5.74, 6) is 1.51. The topological polar surface area (TPSA) is 81.7 Å². The molecular weight excluding hydrogens is 458 g/mol. The maximum absolute atomic E-state index is 12.7. The van der Waals surface area contributed by atoms with Crippen LogP contribution in [-0.2, 0) is 6.61 Å². The molecule has 0 saturated heterocycles. The Labute approximate surface area is 200 Å². The van der Waals surface area contributed by atoms with Gasteiger partial charge in [-0.05, 0) is 42.0 Å². The standard InChI is InChI=1S/C24H21N3O4S2/c1-29-18-12-19(30-2)21-20(13-18)33-24(25-21)27-23(32)26-22(28)16-9-6-10-17(11-16)31-14-15-7-4-3-5-8-15/h3-13H,14H2,1-2H3,(H2,25,26,27,28,32). The van der Waals surface area contributed by atoms with Crippen LogP contribution in [0.1, 0.15) is 15.9 Å². The van der Waals surface area contributed by atoms with Crippen molar-refractivity contribution in [3.63, 3.8) is 0 Å². The van der Waals surface area contributed by atoms with Crippen LogP contribution in [0, 0.1) is 0 Å². The van der Waals surface area contributed by atoms with Crippen molar-refractivity contribution in [2.45, 2.75) is 6.61 Å². The number of methoxy groups -OCH3 is 2. The Balaban J connectivity index is 1.40. The van der Waals surface area contributed by atoms with E-state index in [9.17, 15) is 4.79 Å². The van der Waals surface area contributed by atoms with Gasteiger partial charge in [0, 0.05) is 11.6 Å². The van der Waals surface area contributed by atoms with Crippen LogP contribution in [-0.4, -0.2) is 30.2 Å². The van der Waals surface area contributed by atoms with Crippen molar-refractivity contribution in [3.8, 4) is 17.2 Å². The molecular formula is C24H21N3O4S2. The van der Waals surface area contributed by atoms with Gasteiger partial charge < -0.3 is 19.5 Å². The zero-order chi connectivity index (χ0) is 23.2. The number of hydrogen-bond acceptors (Lipinski definition) is 7. The fourth-order valence-corrected chi connectivity index (χ4v) is 4.24. The summed E-state index contributed by atoms with van der Waals surface area (Å²) >= 11 is 6.68. The first-order chi connectivity index (χ1) is 16.1. The number of amides is 1. The van der Waals surface area contributed by atoms with E-state index in [2.05, 4.69) is 15.6 Å². The molecule has 0 atom stereocenters. The number of fused-ring (bicyclic) bond motifs is 1. The molecule has 0 saturated carbocycles. The third-order valence-electron chi connectivity index (χ3n) is 4.68. The van der Waals surface area contributed by atoms with Crippen molar-refractivity contribution in [3.05, 3.63) is 77.9 Å². The van der Waals surface area contributed by atoms with Gasteiger partial charge in [0.2, 0.25) is 0 Å². The molecule has 1 aromatic heterocycles. The number of aromatic nitrogens is 1. The second kappa shape index (κ2) is 10.3. The normalized spacial score (nSPS) is 10.5. The Kier molecular flexibility index (Phi) is 7.01. The maximum atomic E-state index is 12.7. The number of rotatable bonds is 7. The molecule has 0 spiro atoms. The van der Waals surface area contributed by atoms with Gasteiger partial charge in [0.05, 0.1) is 18.9 Å². The zero-order valence-electron chi connectivity index (χ0n) is 18.0. The molecule has 0 bridgehead atoms. The van der Waals surface area contributed by atoms with Crippen molar-refractivity contribution in [2.24, 2.45) is 0 Å². The van der Waals surface area contributed by atoms with Gasteiger partial charge >= 0.3 is 0 Å². The summed E-state index contributed by atoms with van der Waals surface area (Å²) in [5.41, 5.74) is 2.16. The molecule has 3 aromatic carbocycles. The van der Waals surface area contributed by atoms with E-state index in [-0.39, 0.29) is 11.0 Å². The van der Waals surface area contributed by atoms with Crippen LogP contribution >= 0.6 is 23.6 Å². The lowest BCUT2D eigenvalue weighted by molar-refractivity contribution is 0.0977. The lowest BCUT2D eigenvalue weighted by Gasteiger charge is -2.10. The molecule has 4 rings (SSSR count). The van der Waals surface area contributed by atoms with Crippen molar-refractivity contribution in [2.75, 3.05) is 19.5 Å². The molecule has 33 heavy (non-hydrogen) atoms. The van der Waals surface area contributed by atoms with E-state index in [0.717, 1.165) is 10.3 Å². The predicted octanol–water partition coefficient (Wildman–Crippen LogP) is 5.02. The third-order valence-corrected chi connectivity index (χ3v) is 5.80. The van der Waals surface area contributed by atoms with Crippen LogP contribution in [0.25, 0.3) is 10.2 Å². The predicted molar refractivity (Wildman–Crippen MR) is 134 cm³/mol. The molecule has 0 aliphatic carbocycles. The average Bonchev–Trinajstić information content (AvgIpc) is 3.24. The van der Waals surface area contributed by atoms with Gasteiger partial charge in [-0.3, -0.25) is 10.1 Å². The summed E-state index contributed by atoms with van der Waals surface area (Å²) in [4.78, 5) is 17.2. The summed E-state index contributed by atoms with van der Waals surface area (Å²) in [7, 11) is 3.16. The molecule has 0 fully saturated rings. The van der Waals surface area contributed by atoms with Crippen molar-refractivity contribution >= 4 is 49.9 Å². The molecule has 0 aliphatic rings. The minimum absolute atomic E-state index is 0.139. The number of anilines is 1. The third kappa shape index (κ3) is 5.57. The van der Waals surface area contributed by atoms with Crippen molar-refractivity contribution in [1.82, 2.24) is 10.3 Å². The van der Waals surface area contributed by atoms with E-state index < -0.39 is 0 Å². The van der Waals surface area contributed by atoms with E-state index in [4.69, 9.17) is 26.4 Å². The van der Waals surface area contributed by atoms with E-state index in [1.807, 2.05) is 36.4 Å². The summed E-state index contributed by atoms with van der Waals surface area (Å²) in [5, 5.41) is 6.31. The number of thiazole rings is 1. The van der Waals surface area contributed by atoms with Gasteiger partial charge in [0.25, 0.3) is 5.91 Å². The van der Waals surface area contributed by atoms with Crippen molar-refractivity contribution < 1.29 is 19.0 Å². The number of thiocarbonyl (C=S) groups is 1. The Morgan fingerprint density at radius 2 is 1.82 bits per heavy atom. The number of ether oxygens (including phenoxy) is 3. The smallest absolute Gasteiger partial charge is 0.257 e. The molecule has 2 N–H and O–H groups in total. The lowest BCUT2D eigenvalue weighted by atomic mass is 10.2. The molecule has 1 heterocycles. The Morgan fingerprint density at radius 3 is 2.58 bits per heavy atom. The van der Waals surface area contributed by atoms with Crippen LogP contribution in [0.5, 0.6) is 17.2 Å². The minimum atomic E-state index is -0.349. The molecule has 0 radical (unpaired) electrons. The second-order valence-corrected chi connectivity index (χ2v) is 8.34. The number of carbonyl (C=O) groups is 1. The van der Waals surface area contributed by atoms with Gasteiger partial charge in [0.1, 0.15) is 29.4 Å². The van der Waals surface area contributed by atoms with Crippen LogP contribution in [0.3, 0.4) is 0 Å². The number of carbonyl (C=O) groups excluding carboxylic acids is 1. The Bertz CT molecular complexity index is 1290. The fraction of sp³-hybridized carbons (Fsp3) is 0.125. The molecule has 0 unspecified atom stereocenters. The van der Waals surface area contributed by atoms with Crippen LogP contribution < -0.4 is 24.8 Å². The fourth-order valence-electron chi connectivity index (χ4n) is 3.07. The highest BCUT2D eigenvalue weighted by atomic mass is 32.1. The van der Waals surface area contributed by atoms with E-state index in [1.165, 1.54) is 11.3 Å². The first-order valence-electron chi connectivity index (χ1n) is 9.97. The van der Waals surface area contributed by atoms with Crippen LogP contribution in [0.2, 0.25) is 0 Å². The minimum Gasteiger partial charge on any atom is -0.497 e. The molecule has 168 valence electrons. The van der Waals surface area contributed by atoms with Gasteiger partial charge in [0.15, 0.2) is 10.2 Å². The largest absolute Gasteiger partial charge is 0.497 e. The molecule has 1 amide bonds. The van der Waals surface area contributed by atoms with E-state index >= 15 is 0 Å². The lowest BCUT2D eigenvalue weighted by Crippen LogP contribution is -2.34. The number of benzene rings is 3. The maximum Gasteiger partial charge on any atom is 0.257 e. The summed E-state index contributed by atoms with van der Waals surface area (Å²) in [6, 6.07) is 20.4. The first kappa shape index (κ1) is 22.5. The van der Waals surface area contributed by atoms with Gasteiger partial charge in [-0.2, -0.15) is 0 Å². The summed E-state index contributed by atoms with van der Waals surface area (Å²) in [6.07, 6.45) is 0. The highest BCUT2D eigenvalue weighted by molar-refractivity contribution is 7.80. The second-order valence-electron chi connectivity index (χ2n) is 6.91. The Morgan fingerprint density at radius 1 is 1.00 bits per heavy atom. The molecule has 0 aliphatic heterocycles. The van der Waals surface area contributed by atoms with E-state index in [0.29, 0.717) is 40.1 Å². The molecule has 9 heteroatoms. The molecule has 7 nitrogen and oxygen atoms in total. The monoisotopic (exact) mass is 479 g/mol. The number of nitrogens with one attached hydrogen (secondary N) is 2. The number of nitrogens with zero attached hydrogens (tertiary/aromatic N) is 1. The van der Waals surface area contributed by atoms with Gasteiger partial charge in [-0.1, -0.05) is 47.7 Å². The average molecular weight is 480 g/mol. The van der Waals surface area contributed by atoms with Crippen molar-refractivity contribution in [1.29, 1.82) is 0 Å².